The molecule has 4 amide bonds. The summed E-state index contributed by atoms with van der Waals surface area (Å²) in [5.74, 6) is -1.90. The first kappa shape index (κ1) is 36.2. The highest BCUT2D eigenvalue weighted by Gasteiger charge is 2.29. The summed E-state index contributed by atoms with van der Waals surface area (Å²) in [6.45, 7) is 1.31. The van der Waals surface area contributed by atoms with Gasteiger partial charge < -0.3 is 54.4 Å². The summed E-state index contributed by atoms with van der Waals surface area (Å²) in [6.07, 6.45) is 2.61. The van der Waals surface area contributed by atoms with Crippen LogP contribution in [0.25, 0.3) is 11.1 Å². The molecule has 4 atom stereocenters. The zero-order valence-electron chi connectivity index (χ0n) is 26.1. The topological polar surface area (TPSA) is 261 Å². The van der Waals surface area contributed by atoms with E-state index in [1.54, 1.807) is 24.3 Å². The molecule has 2 aromatic carbocycles. The standard InChI is InChI=1S/C32H48N8O6/c33-10-3-5-25-32(46)40-26(31(45)38-12-2-1-4-23(35)18-29(43)37-13-11-34)17-22-15-20(7-9-28(22)42)19-6-8-27(41)21(14-19)16-24(36)30(44)39-25/h6-9,14-15,23-26,41-42H,1-5,10-13,16-18,33-36H2,(H,37,43)(H,38,45)(H,39,44)(H,40,46)/t23-,24-,25-,26-/m0/s1. The Morgan fingerprint density at radius 3 is 2.13 bits per heavy atom. The van der Waals surface area contributed by atoms with Crippen molar-refractivity contribution in [2.45, 2.75) is 75.5 Å². The fourth-order valence-electron chi connectivity index (χ4n) is 5.25. The summed E-state index contributed by atoms with van der Waals surface area (Å²) in [6, 6.07) is 6.34. The monoisotopic (exact) mass is 640 g/mol. The number of hydrogen-bond acceptors (Lipinski definition) is 10. The molecule has 3 rings (SSSR count). The number of rotatable bonds is 13. The van der Waals surface area contributed by atoms with E-state index >= 15 is 0 Å². The van der Waals surface area contributed by atoms with E-state index in [2.05, 4.69) is 21.3 Å². The lowest BCUT2D eigenvalue weighted by Crippen LogP contribution is -2.56. The second-order valence-electron chi connectivity index (χ2n) is 11.6. The van der Waals surface area contributed by atoms with Crippen molar-refractivity contribution in [2.75, 3.05) is 26.2 Å². The predicted molar refractivity (Wildman–Crippen MR) is 174 cm³/mol. The molecule has 14 N–H and O–H groups in total. The van der Waals surface area contributed by atoms with Crippen molar-refractivity contribution in [2.24, 2.45) is 22.9 Å². The highest BCUT2D eigenvalue weighted by Crippen LogP contribution is 2.31. The van der Waals surface area contributed by atoms with Gasteiger partial charge in [-0.1, -0.05) is 18.6 Å². The van der Waals surface area contributed by atoms with Gasteiger partial charge in [-0.3, -0.25) is 19.2 Å². The third-order valence-corrected chi connectivity index (χ3v) is 7.87. The average Bonchev–Trinajstić information content (AvgIpc) is 3.02. The number of carbonyl (C=O) groups excluding carboxylic acids is 4. The molecule has 14 nitrogen and oxygen atoms in total. The number of nitrogens with two attached hydrogens (primary N) is 4. The second-order valence-corrected chi connectivity index (χ2v) is 11.6. The Hall–Kier alpha value is -4.24. The molecule has 0 saturated heterocycles. The molecule has 1 heterocycles. The quantitative estimate of drug-likeness (QED) is 0.119. The third kappa shape index (κ3) is 11.0. The largest absolute Gasteiger partial charge is 0.508 e. The van der Waals surface area contributed by atoms with Crippen LogP contribution in [0.1, 0.15) is 49.7 Å². The number of unbranched alkanes of at least 4 members (excludes halogenated alkanes) is 1. The molecule has 0 fully saturated rings. The van der Waals surface area contributed by atoms with Crippen molar-refractivity contribution in [3.8, 4) is 22.6 Å². The molecule has 4 bridgehead atoms. The number of phenols is 2. The van der Waals surface area contributed by atoms with Crippen LogP contribution in [0.15, 0.2) is 36.4 Å². The molecule has 14 heteroatoms. The number of nitrogens with one attached hydrogen (secondary N) is 4. The highest BCUT2D eigenvalue weighted by atomic mass is 16.3. The van der Waals surface area contributed by atoms with E-state index in [9.17, 15) is 29.4 Å². The smallest absolute Gasteiger partial charge is 0.243 e. The number of benzene rings is 2. The maximum atomic E-state index is 13.5. The molecule has 2 aromatic rings. The van der Waals surface area contributed by atoms with Gasteiger partial charge in [-0.25, -0.2) is 0 Å². The van der Waals surface area contributed by atoms with Gasteiger partial charge in [-0.15, -0.1) is 0 Å². The Balaban J connectivity index is 1.80. The summed E-state index contributed by atoms with van der Waals surface area (Å²) in [4.78, 5) is 51.9. The van der Waals surface area contributed by atoms with Crippen molar-refractivity contribution in [1.82, 2.24) is 21.3 Å². The minimum atomic E-state index is -1.09. The molecule has 0 saturated carbocycles. The lowest BCUT2D eigenvalue weighted by atomic mass is 9.95. The average molecular weight is 641 g/mol. The number of fused-ring (bicyclic) bond motifs is 5. The van der Waals surface area contributed by atoms with Crippen molar-refractivity contribution in [1.29, 1.82) is 0 Å². The van der Waals surface area contributed by atoms with E-state index in [-0.39, 0.29) is 55.7 Å². The molecule has 1 aliphatic heterocycles. The molecule has 1 aliphatic rings. The molecule has 0 radical (unpaired) electrons. The van der Waals surface area contributed by atoms with Crippen LogP contribution in [0.5, 0.6) is 11.5 Å². The second kappa shape index (κ2) is 18.0. The molecule has 0 unspecified atom stereocenters. The van der Waals surface area contributed by atoms with Crippen molar-refractivity contribution in [3.63, 3.8) is 0 Å². The first-order chi connectivity index (χ1) is 22.0. The van der Waals surface area contributed by atoms with E-state index in [0.717, 1.165) is 0 Å². The van der Waals surface area contributed by atoms with Crippen LogP contribution < -0.4 is 44.2 Å². The van der Waals surface area contributed by atoms with Crippen LogP contribution in [0, 0.1) is 0 Å². The molecule has 252 valence electrons. The minimum absolute atomic E-state index is 0.0130. The predicted octanol–water partition coefficient (Wildman–Crippen LogP) is -1.02. The highest BCUT2D eigenvalue weighted by molar-refractivity contribution is 5.93. The molecule has 0 aliphatic carbocycles. The summed E-state index contributed by atoms with van der Waals surface area (Å²) in [5, 5.41) is 32.2. The minimum Gasteiger partial charge on any atom is -0.508 e. The van der Waals surface area contributed by atoms with Gasteiger partial charge in [0.05, 0.1) is 6.04 Å². The van der Waals surface area contributed by atoms with E-state index in [1.165, 1.54) is 12.1 Å². The van der Waals surface area contributed by atoms with E-state index in [0.29, 0.717) is 67.6 Å². The number of hydrogen-bond donors (Lipinski definition) is 10. The van der Waals surface area contributed by atoms with Gasteiger partial charge in [0.1, 0.15) is 23.6 Å². The van der Waals surface area contributed by atoms with Gasteiger partial charge in [0.15, 0.2) is 0 Å². The van der Waals surface area contributed by atoms with Gasteiger partial charge in [-0.2, -0.15) is 0 Å². The van der Waals surface area contributed by atoms with Gasteiger partial charge in [0, 0.05) is 44.9 Å². The summed E-state index contributed by atoms with van der Waals surface area (Å²) in [7, 11) is 0. The van der Waals surface area contributed by atoms with Crippen molar-refractivity contribution < 1.29 is 29.4 Å². The maximum absolute atomic E-state index is 13.5. The van der Waals surface area contributed by atoms with Crippen LogP contribution in [0.3, 0.4) is 0 Å². The first-order valence-corrected chi connectivity index (χ1v) is 15.7. The number of aromatic hydroxyl groups is 2. The zero-order valence-corrected chi connectivity index (χ0v) is 26.1. The SMILES string of the molecule is NCCC[C@@H]1NC(=O)[C@@H](N)Cc2cc(ccc2O)-c2ccc(O)c(c2)C[C@@H](C(=O)NCCCC[C@H](N)CC(=O)NCCN)NC1=O. The first-order valence-electron chi connectivity index (χ1n) is 15.7. The lowest BCUT2D eigenvalue weighted by Gasteiger charge is -2.24. The van der Waals surface area contributed by atoms with Crippen LogP contribution >= 0.6 is 0 Å². The Labute approximate surface area is 269 Å². The van der Waals surface area contributed by atoms with Gasteiger partial charge in [0.2, 0.25) is 23.6 Å². The Morgan fingerprint density at radius 1 is 0.848 bits per heavy atom. The zero-order chi connectivity index (χ0) is 33.6. The molecular weight excluding hydrogens is 592 g/mol. The van der Waals surface area contributed by atoms with Crippen LogP contribution in [-0.2, 0) is 32.0 Å². The summed E-state index contributed by atoms with van der Waals surface area (Å²) in [5.41, 5.74) is 25.6. The van der Waals surface area contributed by atoms with Crippen LogP contribution in [0.2, 0.25) is 0 Å². The summed E-state index contributed by atoms with van der Waals surface area (Å²) >= 11 is 0. The Kier molecular flexibility index (Phi) is 14.2. The van der Waals surface area contributed by atoms with Crippen molar-refractivity contribution >= 4 is 23.6 Å². The molecule has 0 spiro atoms. The summed E-state index contributed by atoms with van der Waals surface area (Å²) < 4.78 is 0. The molecule has 46 heavy (non-hydrogen) atoms. The fraction of sp³-hybridized carbons (Fsp3) is 0.500. The van der Waals surface area contributed by atoms with E-state index in [4.69, 9.17) is 22.9 Å². The van der Waals surface area contributed by atoms with Gasteiger partial charge >= 0.3 is 0 Å². The van der Waals surface area contributed by atoms with Gasteiger partial charge in [-0.05, 0) is 78.7 Å². The van der Waals surface area contributed by atoms with Crippen LogP contribution in [0.4, 0.5) is 0 Å². The molecular formula is C32H48N8O6. The Bertz CT molecular complexity index is 1360. The number of phenolic OH excluding ortho intramolecular Hbond substituents is 2. The lowest BCUT2D eigenvalue weighted by molar-refractivity contribution is -0.132. The van der Waals surface area contributed by atoms with E-state index < -0.39 is 35.8 Å². The van der Waals surface area contributed by atoms with Gasteiger partial charge in [0.25, 0.3) is 0 Å². The van der Waals surface area contributed by atoms with Crippen molar-refractivity contribution in [3.05, 3.63) is 47.5 Å². The van der Waals surface area contributed by atoms with Crippen LogP contribution in [-0.4, -0.2) is 84.2 Å². The number of carbonyl (C=O) groups is 4. The van der Waals surface area contributed by atoms with E-state index in [1.807, 2.05) is 0 Å². The normalized spacial score (nSPS) is 19.2. The third-order valence-electron chi connectivity index (χ3n) is 7.87. The fourth-order valence-corrected chi connectivity index (χ4v) is 5.25. The molecule has 0 aromatic heterocycles. The maximum Gasteiger partial charge on any atom is 0.243 e. The Morgan fingerprint density at radius 2 is 1.50 bits per heavy atom. The number of amides is 4.